The van der Waals surface area contributed by atoms with E-state index in [1.54, 1.807) is 0 Å². The maximum Gasteiger partial charge on any atom is 0.0431 e. The monoisotopic (exact) mass is 302 g/mol. The van der Waals surface area contributed by atoms with Crippen LogP contribution in [0.15, 0.2) is 43.0 Å². The fourth-order valence-electron chi connectivity index (χ4n) is 3.19. The Balaban J connectivity index is 2.03. The van der Waals surface area contributed by atoms with Gasteiger partial charge in [0.2, 0.25) is 0 Å². The lowest BCUT2D eigenvalue weighted by Crippen LogP contribution is -2.00. The zero-order chi connectivity index (χ0) is 16.2. The van der Waals surface area contributed by atoms with Crippen LogP contribution < -0.4 is 0 Å². The van der Waals surface area contributed by atoms with Crippen LogP contribution in [-0.2, 0) is 0 Å². The fourth-order valence-corrected chi connectivity index (χ4v) is 3.19. The molecule has 0 heterocycles. The van der Waals surface area contributed by atoms with E-state index in [-0.39, 0.29) is 6.61 Å². The van der Waals surface area contributed by atoms with Gasteiger partial charge in [0.1, 0.15) is 0 Å². The summed E-state index contributed by atoms with van der Waals surface area (Å²) in [7, 11) is 0. The largest absolute Gasteiger partial charge is 0.396 e. The molecule has 1 aliphatic carbocycles. The molecule has 0 atom stereocenters. The second-order valence-corrected chi connectivity index (χ2v) is 6.07. The molecule has 0 bridgehead atoms. The first-order valence-electron chi connectivity index (χ1n) is 8.23. The number of rotatable bonds is 3. The molecule has 23 heavy (non-hydrogen) atoms. The first kappa shape index (κ1) is 15.6. The SMILES string of the molecule is C=C1CC=C(C#CCCCCO)c2ccc3cccc(C)c3c21. The molecule has 1 aliphatic rings. The van der Waals surface area contributed by atoms with Crippen LogP contribution in [0.4, 0.5) is 0 Å². The predicted octanol–water partition coefficient (Wildman–Crippen LogP) is 5.11. The molecule has 1 nitrogen and oxygen atoms in total. The number of hydrogen-bond donors (Lipinski definition) is 1. The molecule has 1 heteroatoms. The number of aryl methyl sites for hydroxylation is 1. The molecule has 0 aliphatic heterocycles. The van der Waals surface area contributed by atoms with E-state index in [2.05, 4.69) is 61.8 Å². The predicted molar refractivity (Wildman–Crippen MR) is 99.0 cm³/mol. The van der Waals surface area contributed by atoms with Gasteiger partial charge >= 0.3 is 0 Å². The number of unbranched alkanes of at least 4 members (excludes halogenated alkanes) is 2. The van der Waals surface area contributed by atoms with Gasteiger partial charge in [0.05, 0.1) is 0 Å². The van der Waals surface area contributed by atoms with Crippen molar-refractivity contribution in [2.75, 3.05) is 6.61 Å². The summed E-state index contributed by atoms with van der Waals surface area (Å²) >= 11 is 0. The van der Waals surface area contributed by atoms with Crippen molar-refractivity contribution in [3.63, 3.8) is 0 Å². The van der Waals surface area contributed by atoms with Crippen molar-refractivity contribution in [3.05, 3.63) is 59.7 Å². The third-order valence-electron chi connectivity index (χ3n) is 4.38. The number of hydrogen-bond acceptors (Lipinski definition) is 1. The van der Waals surface area contributed by atoms with Gasteiger partial charge in [-0.15, -0.1) is 0 Å². The third kappa shape index (κ3) is 3.09. The molecule has 3 rings (SSSR count). The highest BCUT2D eigenvalue weighted by Gasteiger charge is 2.17. The second kappa shape index (κ2) is 6.86. The number of aliphatic hydroxyl groups is 1. The summed E-state index contributed by atoms with van der Waals surface area (Å²) in [5.41, 5.74) is 6.05. The molecule has 2 aromatic rings. The van der Waals surface area contributed by atoms with Gasteiger partial charge in [0.15, 0.2) is 0 Å². The first-order chi connectivity index (χ1) is 11.2. The average Bonchev–Trinajstić information content (AvgIpc) is 2.56. The number of fused-ring (bicyclic) bond motifs is 3. The van der Waals surface area contributed by atoms with Crippen molar-refractivity contribution >= 4 is 21.9 Å². The van der Waals surface area contributed by atoms with Crippen molar-refractivity contribution in [2.45, 2.75) is 32.6 Å². The molecule has 2 aromatic carbocycles. The minimum absolute atomic E-state index is 0.248. The maximum absolute atomic E-state index is 8.83. The fraction of sp³-hybridized carbons (Fsp3) is 0.273. The summed E-state index contributed by atoms with van der Waals surface area (Å²) in [6.45, 7) is 6.69. The van der Waals surface area contributed by atoms with Crippen molar-refractivity contribution < 1.29 is 5.11 Å². The smallest absolute Gasteiger partial charge is 0.0431 e. The summed E-state index contributed by atoms with van der Waals surface area (Å²) in [5, 5.41) is 11.4. The number of allylic oxidation sites excluding steroid dienone is 3. The minimum atomic E-state index is 0.248. The van der Waals surface area contributed by atoms with E-state index >= 15 is 0 Å². The highest BCUT2D eigenvalue weighted by atomic mass is 16.2. The van der Waals surface area contributed by atoms with Crippen molar-refractivity contribution in [1.29, 1.82) is 0 Å². The van der Waals surface area contributed by atoms with Crippen LogP contribution in [0.25, 0.3) is 21.9 Å². The topological polar surface area (TPSA) is 20.2 Å². The Hall–Kier alpha value is -2.30. The van der Waals surface area contributed by atoms with E-state index in [1.807, 2.05) is 0 Å². The van der Waals surface area contributed by atoms with Gasteiger partial charge in [-0.1, -0.05) is 54.8 Å². The molecule has 0 saturated carbocycles. The van der Waals surface area contributed by atoms with E-state index in [0.717, 1.165) is 31.3 Å². The third-order valence-corrected chi connectivity index (χ3v) is 4.38. The van der Waals surface area contributed by atoms with Gasteiger partial charge in [-0.05, 0) is 59.2 Å². The van der Waals surface area contributed by atoms with E-state index in [1.165, 1.54) is 33.0 Å². The van der Waals surface area contributed by atoms with Crippen molar-refractivity contribution in [1.82, 2.24) is 0 Å². The van der Waals surface area contributed by atoms with Crippen LogP contribution in [0, 0.1) is 18.8 Å². The Morgan fingerprint density at radius 3 is 2.87 bits per heavy atom. The lowest BCUT2D eigenvalue weighted by atomic mass is 9.83. The summed E-state index contributed by atoms with van der Waals surface area (Å²) in [6.07, 6.45) is 5.66. The molecule has 0 fully saturated rings. The summed E-state index contributed by atoms with van der Waals surface area (Å²) in [6, 6.07) is 10.8. The maximum atomic E-state index is 8.83. The Bertz CT molecular complexity index is 843. The van der Waals surface area contributed by atoms with Gasteiger partial charge in [-0.3, -0.25) is 0 Å². The molecule has 1 N–H and O–H groups in total. The normalized spacial score (nSPS) is 13.3. The summed E-state index contributed by atoms with van der Waals surface area (Å²) < 4.78 is 0. The van der Waals surface area contributed by atoms with Gasteiger partial charge in [0, 0.05) is 18.6 Å². The lowest BCUT2D eigenvalue weighted by Gasteiger charge is -2.20. The summed E-state index contributed by atoms with van der Waals surface area (Å²) in [5.74, 6) is 6.58. The van der Waals surface area contributed by atoms with Crippen LogP contribution in [0.2, 0.25) is 0 Å². The standard InChI is InChI=1S/C22H22O/c1-16-8-7-10-19-13-14-20-18(9-5-3-4-6-15-23)12-11-17(2)22(20)21(16)19/h7-8,10,12-14,23H,2-4,6,11,15H2,1H3. The number of aliphatic hydroxyl groups excluding tert-OH is 1. The lowest BCUT2D eigenvalue weighted by molar-refractivity contribution is 0.285. The molecule has 0 aromatic heterocycles. The van der Waals surface area contributed by atoms with Crippen LogP contribution in [0.5, 0.6) is 0 Å². The Kier molecular flexibility index (Phi) is 4.65. The van der Waals surface area contributed by atoms with E-state index in [0.29, 0.717) is 0 Å². The van der Waals surface area contributed by atoms with Crippen molar-refractivity contribution in [2.24, 2.45) is 0 Å². The first-order valence-corrected chi connectivity index (χ1v) is 8.23. The zero-order valence-electron chi connectivity index (χ0n) is 13.7. The van der Waals surface area contributed by atoms with Gasteiger partial charge in [-0.2, -0.15) is 0 Å². The van der Waals surface area contributed by atoms with E-state index in [9.17, 15) is 0 Å². The zero-order valence-corrected chi connectivity index (χ0v) is 13.7. The molecule has 0 saturated heterocycles. The molecule has 0 spiro atoms. The van der Waals surface area contributed by atoms with E-state index in [4.69, 9.17) is 5.11 Å². The minimum Gasteiger partial charge on any atom is -0.396 e. The Morgan fingerprint density at radius 1 is 1.17 bits per heavy atom. The van der Waals surface area contributed by atoms with Crippen molar-refractivity contribution in [3.8, 4) is 11.8 Å². The van der Waals surface area contributed by atoms with Crippen LogP contribution >= 0.6 is 0 Å². The molecular weight excluding hydrogens is 280 g/mol. The van der Waals surface area contributed by atoms with Gasteiger partial charge in [-0.25, -0.2) is 0 Å². The number of benzene rings is 2. The molecule has 116 valence electrons. The van der Waals surface area contributed by atoms with Crippen LogP contribution in [0.1, 0.15) is 42.4 Å². The van der Waals surface area contributed by atoms with E-state index < -0.39 is 0 Å². The molecular formula is C22H22O. The van der Waals surface area contributed by atoms with Crippen LogP contribution in [0.3, 0.4) is 0 Å². The highest BCUT2D eigenvalue weighted by Crippen LogP contribution is 2.38. The van der Waals surface area contributed by atoms with Gasteiger partial charge in [0.25, 0.3) is 0 Å². The van der Waals surface area contributed by atoms with Gasteiger partial charge < -0.3 is 5.11 Å². The Morgan fingerprint density at radius 2 is 2.04 bits per heavy atom. The molecule has 0 unspecified atom stereocenters. The Labute approximate surface area is 138 Å². The van der Waals surface area contributed by atoms with Crippen LogP contribution in [-0.4, -0.2) is 11.7 Å². The average molecular weight is 302 g/mol. The molecule has 0 radical (unpaired) electrons. The second-order valence-electron chi connectivity index (χ2n) is 6.07. The quantitative estimate of drug-likeness (QED) is 0.616. The highest BCUT2D eigenvalue weighted by molar-refractivity contribution is 6.04. The summed E-state index contributed by atoms with van der Waals surface area (Å²) in [4.78, 5) is 0. The molecule has 0 amide bonds.